The minimum Gasteiger partial charge on any atom is -0.312 e. The van der Waals surface area contributed by atoms with Gasteiger partial charge in [-0.3, -0.25) is 0 Å². The molecule has 0 aliphatic heterocycles. The maximum absolute atomic E-state index is 13.3. The van der Waals surface area contributed by atoms with Gasteiger partial charge in [-0.15, -0.1) is 11.3 Å². The highest BCUT2D eigenvalue weighted by Gasteiger charge is 2.23. The molecular weight excluding hydrogens is 266 g/mol. The van der Waals surface area contributed by atoms with Gasteiger partial charge in [-0.25, -0.2) is 13.8 Å². The van der Waals surface area contributed by atoms with Crippen LogP contribution in [0.5, 0.6) is 0 Å². The van der Waals surface area contributed by atoms with Gasteiger partial charge in [0.05, 0.1) is 5.69 Å². The van der Waals surface area contributed by atoms with Gasteiger partial charge in [-0.1, -0.05) is 0 Å². The topological polar surface area (TPSA) is 24.9 Å². The Morgan fingerprint density at radius 2 is 2.16 bits per heavy atom. The molecule has 1 atom stereocenters. The van der Waals surface area contributed by atoms with Crippen molar-refractivity contribution in [2.45, 2.75) is 25.3 Å². The molecule has 0 fully saturated rings. The van der Waals surface area contributed by atoms with Gasteiger partial charge >= 0.3 is 0 Å². The third-order valence-electron chi connectivity index (χ3n) is 3.47. The molecule has 0 saturated carbocycles. The van der Waals surface area contributed by atoms with Gasteiger partial charge in [0.1, 0.15) is 5.01 Å². The number of benzene rings is 1. The largest absolute Gasteiger partial charge is 0.312 e. The molecule has 1 unspecified atom stereocenters. The quantitative estimate of drug-likeness (QED) is 0.907. The molecule has 2 aromatic rings. The van der Waals surface area contributed by atoms with Crippen molar-refractivity contribution in [3.05, 3.63) is 40.4 Å². The smallest absolute Gasteiger partial charge is 0.159 e. The summed E-state index contributed by atoms with van der Waals surface area (Å²) in [6, 6.07) is 4.28. The van der Waals surface area contributed by atoms with Crippen LogP contribution in [0.4, 0.5) is 8.78 Å². The molecule has 2 nitrogen and oxygen atoms in total. The SMILES string of the molecule is CNC1CCCc2nc(-c3ccc(F)c(F)c3)sc21. The van der Waals surface area contributed by atoms with Crippen molar-refractivity contribution in [3.8, 4) is 10.6 Å². The normalized spacial score (nSPS) is 18.4. The molecule has 1 aliphatic carbocycles. The number of hydrogen-bond donors (Lipinski definition) is 1. The number of thiazole rings is 1. The van der Waals surface area contributed by atoms with Gasteiger partial charge in [0, 0.05) is 16.5 Å². The predicted octanol–water partition coefficient (Wildman–Crippen LogP) is 3.69. The molecule has 1 aromatic carbocycles. The summed E-state index contributed by atoms with van der Waals surface area (Å²) in [5.41, 5.74) is 1.74. The molecular formula is C14H14F2N2S. The minimum absolute atomic E-state index is 0.334. The summed E-state index contributed by atoms with van der Waals surface area (Å²) >= 11 is 1.57. The Morgan fingerprint density at radius 1 is 1.32 bits per heavy atom. The van der Waals surface area contributed by atoms with Crippen LogP contribution in [-0.4, -0.2) is 12.0 Å². The van der Waals surface area contributed by atoms with Crippen LogP contribution >= 0.6 is 11.3 Å². The summed E-state index contributed by atoms with van der Waals surface area (Å²) in [5, 5.41) is 4.05. The van der Waals surface area contributed by atoms with Crippen molar-refractivity contribution >= 4 is 11.3 Å². The summed E-state index contributed by atoms with van der Waals surface area (Å²) in [5.74, 6) is -1.64. The van der Waals surface area contributed by atoms with Crippen molar-refractivity contribution in [3.63, 3.8) is 0 Å². The summed E-state index contributed by atoms with van der Waals surface area (Å²) < 4.78 is 26.2. The second-order valence-electron chi connectivity index (χ2n) is 4.69. The molecule has 100 valence electrons. The third kappa shape index (κ3) is 2.28. The zero-order chi connectivity index (χ0) is 13.4. The van der Waals surface area contributed by atoms with Crippen molar-refractivity contribution in [2.24, 2.45) is 0 Å². The van der Waals surface area contributed by atoms with Crippen molar-refractivity contribution in [1.82, 2.24) is 10.3 Å². The minimum atomic E-state index is -0.823. The first-order valence-corrected chi connectivity index (χ1v) is 7.13. The fourth-order valence-corrected chi connectivity index (χ4v) is 3.70. The summed E-state index contributed by atoms with van der Waals surface area (Å²) in [7, 11) is 1.94. The highest BCUT2D eigenvalue weighted by atomic mass is 32.1. The fraction of sp³-hybridized carbons (Fsp3) is 0.357. The lowest BCUT2D eigenvalue weighted by Crippen LogP contribution is -2.19. The fourth-order valence-electron chi connectivity index (χ4n) is 2.45. The van der Waals surface area contributed by atoms with E-state index < -0.39 is 11.6 Å². The second-order valence-corrected chi connectivity index (χ2v) is 5.72. The van der Waals surface area contributed by atoms with Crippen LogP contribution in [0, 0.1) is 11.6 Å². The second kappa shape index (κ2) is 4.98. The van der Waals surface area contributed by atoms with E-state index >= 15 is 0 Å². The Labute approximate surface area is 114 Å². The first kappa shape index (κ1) is 12.7. The van der Waals surface area contributed by atoms with E-state index in [1.165, 1.54) is 10.9 Å². The maximum atomic E-state index is 13.3. The van der Waals surface area contributed by atoms with E-state index in [9.17, 15) is 8.78 Å². The molecule has 1 aromatic heterocycles. The Hall–Kier alpha value is -1.33. The van der Waals surface area contributed by atoms with Gasteiger partial charge in [0.2, 0.25) is 0 Å². The summed E-state index contributed by atoms with van der Waals surface area (Å²) in [4.78, 5) is 5.81. The summed E-state index contributed by atoms with van der Waals surface area (Å²) in [6.45, 7) is 0. The highest BCUT2D eigenvalue weighted by molar-refractivity contribution is 7.15. The van der Waals surface area contributed by atoms with E-state index in [0.717, 1.165) is 36.0 Å². The van der Waals surface area contributed by atoms with E-state index in [1.807, 2.05) is 7.05 Å². The molecule has 0 saturated heterocycles. The van der Waals surface area contributed by atoms with Gasteiger partial charge in [-0.05, 0) is 44.5 Å². The van der Waals surface area contributed by atoms with Crippen LogP contribution in [0.25, 0.3) is 10.6 Å². The number of hydrogen-bond acceptors (Lipinski definition) is 3. The number of aromatic nitrogens is 1. The average molecular weight is 280 g/mol. The number of aryl methyl sites for hydroxylation is 1. The lowest BCUT2D eigenvalue weighted by molar-refractivity contribution is 0.501. The number of halogens is 2. The van der Waals surface area contributed by atoms with Crippen LogP contribution in [0.3, 0.4) is 0 Å². The Morgan fingerprint density at radius 3 is 2.89 bits per heavy atom. The molecule has 1 heterocycles. The van der Waals surface area contributed by atoms with Crippen LogP contribution in [0.1, 0.15) is 29.5 Å². The van der Waals surface area contributed by atoms with Gasteiger partial charge in [0.15, 0.2) is 11.6 Å². The molecule has 0 radical (unpaired) electrons. The van der Waals surface area contributed by atoms with Crippen LogP contribution < -0.4 is 5.32 Å². The van der Waals surface area contributed by atoms with Crippen molar-refractivity contribution in [1.29, 1.82) is 0 Å². The zero-order valence-corrected chi connectivity index (χ0v) is 11.4. The molecule has 1 aliphatic rings. The molecule has 1 N–H and O–H groups in total. The Kier molecular flexibility index (Phi) is 3.33. The standard InChI is InChI=1S/C14H14F2N2S/c1-17-11-3-2-4-12-13(11)19-14(18-12)8-5-6-9(15)10(16)7-8/h5-7,11,17H,2-4H2,1H3. The maximum Gasteiger partial charge on any atom is 0.159 e. The van der Waals surface area contributed by atoms with E-state index in [1.54, 1.807) is 17.4 Å². The van der Waals surface area contributed by atoms with Gasteiger partial charge in [-0.2, -0.15) is 0 Å². The molecule has 19 heavy (non-hydrogen) atoms. The Bertz CT molecular complexity index is 609. The number of rotatable bonds is 2. The van der Waals surface area contributed by atoms with E-state index in [-0.39, 0.29) is 0 Å². The van der Waals surface area contributed by atoms with E-state index in [0.29, 0.717) is 11.6 Å². The van der Waals surface area contributed by atoms with Gasteiger partial charge < -0.3 is 5.32 Å². The zero-order valence-electron chi connectivity index (χ0n) is 10.5. The molecule has 5 heteroatoms. The highest BCUT2D eigenvalue weighted by Crippen LogP contribution is 2.37. The first-order valence-electron chi connectivity index (χ1n) is 6.31. The number of nitrogens with zero attached hydrogens (tertiary/aromatic N) is 1. The van der Waals surface area contributed by atoms with Gasteiger partial charge in [0.25, 0.3) is 0 Å². The predicted molar refractivity (Wildman–Crippen MR) is 72.2 cm³/mol. The van der Waals surface area contributed by atoms with E-state index in [4.69, 9.17) is 0 Å². The molecule has 3 rings (SSSR count). The number of nitrogens with one attached hydrogen (secondary N) is 1. The summed E-state index contributed by atoms with van der Waals surface area (Å²) in [6.07, 6.45) is 3.18. The van der Waals surface area contributed by atoms with Crippen molar-refractivity contribution in [2.75, 3.05) is 7.05 Å². The monoisotopic (exact) mass is 280 g/mol. The lowest BCUT2D eigenvalue weighted by Gasteiger charge is -2.19. The third-order valence-corrected chi connectivity index (χ3v) is 4.73. The average Bonchev–Trinajstić information content (AvgIpc) is 2.85. The lowest BCUT2D eigenvalue weighted by atomic mass is 9.98. The molecule has 0 amide bonds. The van der Waals surface area contributed by atoms with E-state index in [2.05, 4.69) is 10.3 Å². The molecule has 0 spiro atoms. The van der Waals surface area contributed by atoms with Crippen LogP contribution in [0.2, 0.25) is 0 Å². The van der Waals surface area contributed by atoms with Crippen LogP contribution in [-0.2, 0) is 6.42 Å². The van der Waals surface area contributed by atoms with Crippen molar-refractivity contribution < 1.29 is 8.78 Å². The first-order chi connectivity index (χ1) is 9.19. The Balaban J connectivity index is 2.02. The van der Waals surface area contributed by atoms with Crippen LogP contribution in [0.15, 0.2) is 18.2 Å². The number of fused-ring (bicyclic) bond motifs is 1. The molecule has 0 bridgehead atoms.